The van der Waals surface area contributed by atoms with Crippen LogP contribution < -0.4 is 15.0 Å². The van der Waals surface area contributed by atoms with Crippen LogP contribution in [-0.4, -0.2) is 44.0 Å². The predicted molar refractivity (Wildman–Crippen MR) is 116 cm³/mol. The van der Waals surface area contributed by atoms with E-state index < -0.39 is 0 Å². The summed E-state index contributed by atoms with van der Waals surface area (Å²) in [6, 6.07) is 12.1. The Kier molecular flexibility index (Phi) is 6.37. The molecule has 148 valence electrons. The molecule has 1 amide bonds. The summed E-state index contributed by atoms with van der Waals surface area (Å²) in [4.78, 5) is 16.4. The van der Waals surface area contributed by atoms with Gasteiger partial charge in [0.25, 0.3) is 0 Å². The first-order chi connectivity index (χ1) is 13.5. The number of para-hydroxylation sites is 1. The molecule has 28 heavy (non-hydrogen) atoms. The number of likely N-dealkylation sites (N-methyl/N-ethyl adjacent to an activating group) is 1. The largest absolute Gasteiger partial charge is 0.455 e. The van der Waals surface area contributed by atoms with Gasteiger partial charge in [-0.15, -0.1) is 0 Å². The number of hydrogen-bond donors (Lipinski definition) is 1. The van der Waals surface area contributed by atoms with Crippen molar-refractivity contribution in [2.45, 2.75) is 20.3 Å². The van der Waals surface area contributed by atoms with Crippen LogP contribution in [0.5, 0.6) is 11.5 Å². The van der Waals surface area contributed by atoms with E-state index in [0.717, 1.165) is 61.0 Å². The van der Waals surface area contributed by atoms with Gasteiger partial charge in [-0.3, -0.25) is 4.79 Å². The number of anilines is 2. The minimum absolute atomic E-state index is 0.229. The molecule has 5 heteroatoms. The average Bonchev–Trinajstić information content (AvgIpc) is 2.71. The number of rotatable bonds is 6. The van der Waals surface area contributed by atoms with Crippen molar-refractivity contribution in [1.29, 1.82) is 0 Å². The van der Waals surface area contributed by atoms with E-state index in [-0.39, 0.29) is 5.91 Å². The van der Waals surface area contributed by atoms with Crippen molar-refractivity contribution >= 4 is 17.3 Å². The highest BCUT2D eigenvalue weighted by molar-refractivity contribution is 5.99. The molecule has 2 aromatic rings. The van der Waals surface area contributed by atoms with Crippen LogP contribution in [0.15, 0.2) is 49.1 Å². The Hall–Kier alpha value is -2.79. The number of carbonyl (C=O) groups excluding carboxylic acids is 1. The van der Waals surface area contributed by atoms with Crippen LogP contribution in [0.1, 0.15) is 18.1 Å². The molecule has 1 heterocycles. The number of aryl methyl sites for hydroxylation is 1. The Morgan fingerprint density at radius 2 is 1.89 bits per heavy atom. The van der Waals surface area contributed by atoms with Crippen molar-refractivity contribution in [3.63, 3.8) is 0 Å². The molecule has 2 aromatic carbocycles. The van der Waals surface area contributed by atoms with Crippen LogP contribution in [0.2, 0.25) is 0 Å². The monoisotopic (exact) mass is 379 g/mol. The van der Waals surface area contributed by atoms with Gasteiger partial charge in [0.15, 0.2) is 5.75 Å². The summed E-state index contributed by atoms with van der Waals surface area (Å²) < 4.78 is 6.47. The summed E-state index contributed by atoms with van der Waals surface area (Å²) in [5.74, 6) is 1.43. The summed E-state index contributed by atoms with van der Waals surface area (Å²) in [6.45, 7) is 11.7. The van der Waals surface area contributed by atoms with Gasteiger partial charge in [-0.25, -0.2) is 0 Å². The van der Waals surface area contributed by atoms with Crippen LogP contribution in [0, 0.1) is 6.92 Å². The maximum atomic E-state index is 11.7. The quantitative estimate of drug-likeness (QED) is 0.763. The highest BCUT2D eigenvalue weighted by atomic mass is 16.5. The average molecular weight is 380 g/mol. The van der Waals surface area contributed by atoms with Crippen molar-refractivity contribution in [2.24, 2.45) is 0 Å². The third-order valence-electron chi connectivity index (χ3n) is 5.24. The lowest BCUT2D eigenvalue weighted by Crippen LogP contribution is -2.44. The lowest BCUT2D eigenvalue weighted by molar-refractivity contribution is -0.111. The molecular formula is C23H29N3O2. The van der Waals surface area contributed by atoms with Crippen LogP contribution >= 0.6 is 0 Å². The highest BCUT2D eigenvalue weighted by Crippen LogP contribution is 2.38. The van der Waals surface area contributed by atoms with E-state index in [4.69, 9.17) is 4.74 Å². The van der Waals surface area contributed by atoms with Crippen LogP contribution in [0.3, 0.4) is 0 Å². The van der Waals surface area contributed by atoms with E-state index in [9.17, 15) is 4.79 Å². The molecule has 1 aliphatic rings. The maximum absolute atomic E-state index is 11.7. The van der Waals surface area contributed by atoms with Gasteiger partial charge in [0.2, 0.25) is 5.91 Å². The fourth-order valence-corrected chi connectivity index (χ4v) is 3.42. The number of hydrogen-bond acceptors (Lipinski definition) is 4. The van der Waals surface area contributed by atoms with Crippen molar-refractivity contribution in [2.75, 3.05) is 43.4 Å². The lowest BCUT2D eigenvalue weighted by Gasteiger charge is -2.35. The minimum atomic E-state index is -0.229. The van der Waals surface area contributed by atoms with Crippen LogP contribution in [0.4, 0.5) is 11.4 Å². The Balaban J connectivity index is 1.95. The Morgan fingerprint density at radius 1 is 1.18 bits per heavy atom. The van der Waals surface area contributed by atoms with E-state index in [0.29, 0.717) is 0 Å². The van der Waals surface area contributed by atoms with Gasteiger partial charge in [0.05, 0.1) is 5.69 Å². The number of carbonyl (C=O) groups is 1. The molecule has 0 bridgehead atoms. The normalized spacial score (nSPS) is 14.6. The second-order valence-electron chi connectivity index (χ2n) is 7.13. The third-order valence-corrected chi connectivity index (χ3v) is 5.24. The molecule has 1 N–H and O–H groups in total. The molecule has 5 nitrogen and oxygen atoms in total. The van der Waals surface area contributed by atoms with Gasteiger partial charge in [-0.05, 0) is 50.2 Å². The Morgan fingerprint density at radius 3 is 2.57 bits per heavy atom. The van der Waals surface area contributed by atoms with E-state index in [1.165, 1.54) is 11.6 Å². The zero-order chi connectivity index (χ0) is 20.1. The molecule has 0 atom stereocenters. The van der Waals surface area contributed by atoms with Gasteiger partial charge < -0.3 is 19.9 Å². The summed E-state index contributed by atoms with van der Waals surface area (Å²) in [6.07, 6.45) is 2.16. The number of nitrogens with one attached hydrogen (secondary N) is 1. The molecule has 0 aromatic heterocycles. The standard InChI is InChI=1S/C23H29N3O2/c1-5-18-9-7-11-20(26-15-13-25(4)14-16-26)23(18)28-21-12-8-10-19(17(21)3)24-22(27)6-2/h6-12H,2,5,13-16H2,1,3-4H3,(H,24,27). The molecule has 0 saturated carbocycles. The Labute approximate surface area is 167 Å². The van der Waals surface area contributed by atoms with Gasteiger partial charge >= 0.3 is 0 Å². The van der Waals surface area contributed by atoms with E-state index in [1.54, 1.807) is 0 Å². The van der Waals surface area contributed by atoms with E-state index in [2.05, 4.69) is 53.9 Å². The third kappa shape index (κ3) is 4.37. The maximum Gasteiger partial charge on any atom is 0.247 e. The molecule has 0 spiro atoms. The molecule has 0 aliphatic carbocycles. The van der Waals surface area contributed by atoms with Crippen LogP contribution in [-0.2, 0) is 11.2 Å². The van der Waals surface area contributed by atoms with Crippen molar-refractivity contribution in [1.82, 2.24) is 4.90 Å². The minimum Gasteiger partial charge on any atom is -0.455 e. The lowest BCUT2D eigenvalue weighted by atomic mass is 10.1. The number of benzene rings is 2. The van der Waals surface area contributed by atoms with Crippen molar-refractivity contribution < 1.29 is 9.53 Å². The molecule has 1 fully saturated rings. The SMILES string of the molecule is C=CC(=O)Nc1cccc(Oc2c(CC)cccc2N2CCN(C)CC2)c1C. The van der Waals surface area contributed by atoms with Crippen molar-refractivity contribution in [3.05, 3.63) is 60.2 Å². The summed E-state index contributed by atoms with van der Waals surface area (Å²) >= 11 is 0. The first-order valence-corrected chi connectivity index (χ1v) is 9.79. The second kappa shape index (κ2) is 8.93. The van der Waals surface area contributed by atoms with Gasteiger partial charge in [0, 0.05) is 37.4 Å². The number of amides is 1. The zero-order valence-corrected chi connectivity index (χ0v) is 17.0. The molecule has 0 unspecified atom stereocenters. The fraction of sp³-hybridized carbons (Fsp3) is 0.348. The van der Waals surface area contributed by atoms with E-state index >= 15 is 0 Å². The fourth-order valence-electron chi connectivity index (χ4n) is 3.42. The Bertz CT molecular complexity index is 855. The molecule has 1 aliphatic heterocycles. The highest BCUT2D eigenvalue weighted by Gasteiger charge is 2.20. The molecule has 3 rings (SSSR count). The van der Waals surface area contributed by atoms with E-state index in [1.807, 2.05) is 25.1 Å². The summed E-state index contributed by atoms with van der Waals surface area (Å²) in [5.41, 5.74) is 3.94. The first kappa shape index (κ1) is 20.0. The smallest absolute Gasteiger partial charge is 0.247 e. The molecular weight excluding hydrogens is 350 g/mol. The number of ether oxygens (including phenoxy) is 1. The predicted octanol–water partition coefficient (Wildman–Crippen LogP) is 4.23. The van der Waals surface area contributed by atoms with Gasteiger partial charge in [0.1, 0.15) is 5.75 Å². The van der Waals surface area contributed by atoms with Crippen LogP contribution in [0.25, 0.3) is 0 Å². The van der Waals surface area contributed by atoms with Gasteiger partial charge in [-0.2, -0.15) is 0 Å². The first-order valence-electron chi connectivity index (χ1n) is 9.79. The summed E-state index contributed by atoms with van der Waals surface area (Å²) in [7, 11) is 2.16. The van der Waals surface area contributed by atoms with Crippen molar-refractivity contribution in [3.8, 4) is 11.5 Å². The molecule has 0 radical (unpaired) electrons. The number of nitrogens with zero attached hydrogens (tertiary/aromatic N) is 2. The molecule has 1 saturated heterocycles. The van der Waals surface area contributed by atoms with Gasteiger partial charge in [-0.1, -0.05) is 31.7 Å². The second-order valence-corrected chi connectivity index (χ2v) is 7.13. The topological polar surface area (TPSA) is 44.8 Å². The summed E-state index contributed by atoms with van der Waals surface area (Å²) in [5, 5.41) is 2.84. The zero-order valence-electron chi connectivity index (χ0n) is 17.0. The number of piperazine rings is 1.